The second-order valence-electron chi connectivity index (χ2n) is 5.32. The summed E-state index contributed by atoms with van der Waals surface area (Å²) in [6.45, 7) is 4.82. The normalized spacial score (nSPS) is 17.2. The standard InChI is InChI=1S/C14H20ClN3O/c1-3-16-12-9-10(8-11(15)17-12)13(19)18-14(2)6-4-5-7-14/h8-9H,3-7H2,1-2H3,(H,16,17)(H,18,19). The highest BCUT2D eigenvalue weighted by atomic mass is 35.5. The molecule has 0 bridgehead atoms. The Labute approximate surface area is 118 Å². The summed E-state index contributed by atoms with van der Waals surface area (Å²) in [5.74, 6) is 0.560. The van der Waals surface area contributed by atoms with Gasteiger partial charge in [-0.15, -0.1) is 0 Å². The fraction of sp³-hybridized carbons (Fsp3) is 0.571. The zero-order valence-electron chi connectivity index (χ0n) is 11.4. The molecule has 1 fully saturated rings. The molecule has 0 atom stereocenters. The van der Waals surface area contributed by atoms with E-state index in [9.17, 15) is 4.79 Å². The number of halogens is 1. The summed E-state index contributed by atoms with van der Waals surface area (Å²) in [5.41, 5.74) is 0.481. The molecule has 0 spiro atoms. The highest BCUT2D eigenvalue weighted by molar-refractivity contribution is 6.29. The zero-order valence-corrected chi connectivity index (χ0v) is 12.2. The van der Waals surface area contributed by atoms with Gasteiger partial charge in [0.25, 0.3) is 5.91 Å². The van der Waals surface area contributed by atoms with E-state index in [2.05, 4.69) is 22.5 Å². The number of carbonyl (C=O) groups is 1. The minimum Gasteiger partial charge on any atom is -0.370 e. The number of rotatable bonds is 4. The maximum atomic E-state index is 12.3. The minimum atomic E-state index is -0.0782. The molecule has 0 aromatic carbocycles. The summed E-state index contributed by atoms with van der Waals surface area (Å²) < 4.78 is 0. The zero-order chi connectivity index (χ0) is 13.9. The number of hydrogen-bond acceptors (Lipinski definition) is 3. The second-order valence-corrected chi connectivity index (χ2v) is 5.70. The van der Waals surface area contributed by atoms with Crippen molar-refractivity contribution in [3.8, 4) is 0 Å². The molecule has 0 aliphatic heterocycles. The molecule has 1 aliphatic carbocycles. The number of carbonyl (C=O) groups excluding carboxylic acids is 1. The Balaban J connectivity index is 2.14. The third kappa shape index (κ3) is 3.60. The number of amides is 1. The molecule has 1 heterocycles. The lowest BCUT2D eigenvalue weighted by molar-refractivity contribution is 0.0908. The summed E-state index contributed by atoms with van der Waals surface area (Å²) in [5, 5.41) is 6.52. The maximum absolute atomic E-state index is 12.3. The minimum absolute atomic E-state index is 0.0761. The molecule has 5 heteroatoms. The predicted molar refractivity (Wildman–Crippen MR) is 77.7 cm³/mol. The molecule has 2 rings (SSSR count). The first-order chi connectivity index (χ1) is 9.02. The molecule has 4 nitrogen and oxygen atoms in total. The van der Waals surface area contributed by atoms with E-state index in [1.807, 2.05) is 6.92 Å². The first-order valence-electron chi connectivity index (χ1n) is 6.76. The van der Waals surface area contributed by atoms with Crippen molar-refractivity contribution in [3.63, 3.8) is 0 Å². The van der Waals surface area contributed by atoms with Crippen molar-refractivity contribution in [1.82, 2.24) is 10.3 Å². The van der Waals surface area contributed by atoms with Crippen molar-refractivity contribution in [2.45, 2.75) is 45.1 Å². The quantitative estimate of drug-likeness (QED) is 0.833. The van der Waals surface area contributed by atoms with Crippen molar-refractivity contribution in [3.05, 3.63) is 22.8 Å². The number of aromatic nitrogens is 1. The van der Waals surface area contributed by atoms with Gasteiger partial charge in [-0.05, 0) is 38.8 Å². The van der Waals surface area contributed by atoms with Crippen LogP contribution < -0.4 is 10.6 Å². The van der Waals surface area contributed by atoms with E-state index < -0.39 is 0 Å². The molecule has 1 amide bonds. The van der Waals surface area contributed by atoms with Crippen molar-refractivity contribution < 1.29 is 4.79 Å². The van der Waals surface area contributed by atoms with Crippen LogP contribution in [0.3, 0.4) is 0 Å². The van der Waals surface area contributed by atoms with E-state index in [4.69, 9.17) is 11.6 Å². The maximum Gasteiger partial charge on any atom is 0.251 e. The van der Waals surface area contributed by atoms with Gasteiger partial charge in [0.05, 0.1) is 0 Å². The third-order valence-corrected chi connectivity index (χ3v) is 3.73. The van der Waals surface area contributed by atoms with Crippen molar-refractivity contribution >= 4 is 23.3 Å². The van der Waals surface area contributed by atoms with E-state index in [-0.39, 0.29) is 11.4 Å². The van der Waals surface area contributed by atoms with E-state index in [0.717, 1.165) is 19.4 Å². The number of nitrogens with one attached hydrogen (secondary N) is 2. The van der Waals surface area contributed by atoms with Crippen molar-refractivity contribution in [2.24, 2.45) is 0 Å². The van der Waals surface area contributed by atoms with Crippen LogP contribution in [0.4, 0.5) is 5.82 Å². The van der Waals surface area contributed by atoms with Gasteiger partial charge in [-0.25, -0.2) is 4.98 Å². The Morgan fingerprint density at radius 1 is 1.42 bits per heavy atom. The molecule has 1 aliphatic rings. The van der Waals surface area contributed by atoms with Crippen LogP contribution in [0.5, 0.6) is 0 Å². The van der Waals surface area contributed by atoms with Crippen LogP contribution in [0.1, 0.15) is 49.9 Å². The predicted octanol–water partition coefficient (Wildman–Crippen LogP) is 3.23. The Morgan fingerprint density at radius 3 is 2.74 bits per heavy atom. The van der Waals surface area contributed by atoms with Gasteiger partial charge in [0, 0.05) is 17.6 Å². The first kappa shape index (κ1) is 14.1. The molecule has 19 heavy (non-hydrogen) atoms. The largest absolute Gasteiger partial charge is 0.370 e. The summed E-state index contributed by atoms with van der Waals surface area (Å²) in [4.78, 5) is 16.4. The second kappa shape index (κ2) is 5.78. The monoisotopic (exact) mass is 281 g/mol. The average Bonchev–Trinajstić information content (AvgIpc) is 2.75. The van der Waals surface area contributed by atoms with Gasteiger partial charge in [0.2, 0.25) is 0 Å². The summed E-state index contributed by atoms with van der Waals surface area (Å²) in [7, 11) is 0. The number of anilines is 1. The molecule has 0 saturated heterocycles. The van der Waals surface area contributed by atoms with Crippen molar-refractivity contribution in [1.29, 1.82) is 0 Å². The summed E-state index contributed by atoms with van der Waals surface area (Å²) in [6, 6.07) is 3.35. The molecular formula is C14H20ClN3O. The van der Waals surface area contributed by atoms with Crippen LogP contribution in [-0.4, -0.2) is 23.0 Å². The number of hydrogen-bond donors (Lipinski definition) is 2. The Morgan fingerprint density at radius 2 is 2.11 bits per heavy atom. The highest BCUT2D eigenvalue weighted by Crippen LogP contribution is 2.29. The summed E-state index contributed by atoms with van der Waals surface area (Å²) >= 11 is 5.95. The molecule has 104 valence electrons. The Hall–Kier alpha value is -1.29. The lowest BCUT2D eigenvalue weighted by Crippen LogP contribution is -2.43. The van der Waals surface area contributed by atoms with E-state index >= 15 is 0 Å². The number of nitrogens with zero attached hydrogens (tertiary/aromatic N) is 1. The lowest BCUT2D eigenvalue weighted by atomic mass is 10.00. The SMILES string of the molecule is CCNc1cc(C(=O)NC2(C)CCCC2)cc(Cl)n1. The fourth-order valence-corrected chi connectivity index (χ4v) is 2.73. The van der Waals surface area contributed by atoms with Crippen LogP contribution in [0, 0.1) is 0 Å². The van der Waals surface area contributed by atoms with Gasteiger partial charge in [0.1, 0.15) is 11.0 Å². The van der Waals surface area contributed by atoms with Crippen molar-refractivity contribution in [2.75, 3.05) is 11.9 Å². The van der Waals surface area contributed by atoms with Crippen LogP contribution in [-0.2, 0) is 0 Å². The van der Waals surface area contributed by atoms with E-state index in [0.29, 0.717) is 16.5 Å². The smallest absolute Gasteiger partial charge is 0.251 e. The van der Waals surface area contributed by atoms with Gasteiger partial charge in [0.15, 0.2) is 0 Å². The molecular weight excluding hydrogens is 262 g/mol. The highest BCUT2D eigenvalue weighted by Gasteiger charge is 2.30. The van der Waals surface area contributed by atoms with E-state index in [1.54, 1.807) is 12.1 Å². The topological polar surface area (TPSA) is 54.0 Å². The third-order valence-electron chi connectivity index (χ3n) is 3.54. The first-order valence-corrected chi connectivity index (χ1v) is 7.14. The summed E-state index contributed by atoms with van der Waals surface area (Å²) in [6.07, 6.45) is 4.43. The fourth-order valence-electron chi connectivity index (χ4n) is 2.53. The van der Waals surface area contributed by atoms with Crippen LogP contribution in [0.25, 0.3) is 0 Å². The lowest BCUT2D eigenvalue weighted by Gasteiger charge is -2.25. The molecule has 0 unspecified atom stereocenters. The molecule has 1 aromatic rings. The average molecular weight is 282 g/mol. The van der Waals surface area contributed by atoms with Crippen LogP contribution >= 0.6 is 11.6 Å². The molecule has 0 radical (unpaired) electrons. The Kier molecular flexibility index (Phi) is 4.30. The van der Waals surface area contributed by atoms with Gasteiger partial charge in [-0.2, -0.15) is 0 Å². The molecule has 2 N–H and O–H groups in total. The van der Waals surface area contributed by atoms with Gasteiger partial charge in [-0.3, -0.25) is 4.79 Å². The van der Waals surface area contributed by atoms with E-state index in [1.165, 1.54) is 12.8 Å². The van der Waals surface area contributed by atoms with Gasteiger partial charge in [-0.1, -0.05) is 24.4 Å². The number of pyridine rings is 1. The van der Waals surface area contributed by atoms with Gasteiger partial charge < -0.3 is 10.6 Å². The molecule has 1 saturated carbocycles. The Bertz CT molecular complexity index is 470. The van der Waals surface area contributed by atoms with Crippen LogP contribution in [0.2, 0.25) is 5.15 Å². The molecule has 1 aromatic heterocycles. The van der Waals surface area contributed by atoms with Gasteiger partial charge >= 0.3 is 0 Å². The van der Waals surface area contributed by atoms with Crippen LogP contribution in [0.15, 0.2) is 12.1 Å².